The first-order valence-electron chi connectivity index (χ1n) is 11.3. The summed E-state index contributed by atoms with van der Waals surface area (Å²) in [5.74, 6) is -0.253. The zero-order chi connectivity index (χ0) is 22.2. The minimum absolute atomic E-state index is 0.0876. The van der Waals surface area contributed by atoms with Crippen molar-refractivity contribution in [3.05, 3.63) is 51.1 Å². The number of nitrogens with one attached hydrogen (secondary N) is 3. The van der Waals surface area contributed by atoms with Crippen molar-refractivity contribution in [3.63, 3.8) is 0 Å². The number of aromatic nitrogens is 2. The van der Waals surface area contributed by atoms with E-state index in [1.165, 1.54) is 16.2 Å². The van der Waals surface area contributed by atoms with E-state index in [4.69, 9.17) is 0 Å². The molecule has 3 heterocycles. The van der Waals surface area contributed by atoms with Crippen LogP contribution in [0, 0.1) is 6.92 Å². The van der Waals surface area contributed by atoms with Gasteiger partial charge in [-0.3, -0.25) is 9.59 Å². The minimum atomic E-state index is -0.127. The van der Waals surface area contributed by atoms with E-state index in [1.807, 2.05) is 25.1 Å². The first kappa shape index (κ1) is 21.2. The molecule has 0 saturated heterocycles. The number of amides is 2. The molecule has 7 nitrogen and oxygen atoms in total. The van der Waals surface area contributed by atoms with Crippen LogP contribution in [-0.2, 0) is 13.0 Å². The topological polar surface area (TPSA) is 90.1 Å². The van der Waals surface area contributed by atoms with Crippen LogP contribution in [0.25, 0.3) is 10.9 Å². The lowest BCUT2D eigenvalue weighted by Gasteiger charge is -2.32. The van der Waals surface area contributed by atoms with E-state index < -0.39 is 0 Å². The minimum Gasteiger partial charge on any atom is -0.351 e. The van der Waals surface area contributed by atoms with Gasteiger partial charge >= 0.3 is 0 Å². The summed E-state index contributed by atoms with van der Waals surface area (Å²) in [5, 5.41) is 7.89. The lowest BCUT2D eigenvalue weighted by atomic mass is 9.90. The number of carbonyl (C=O) groups excluding carboxylic acids is 2. The Bertz CT molecular complexity index is 1170. The van der Waals surface area contributed by atoms with Gasteiger partial charge in [0.05, 0.1) is 5.69 Å². The van der Waals surface area contributed by atoms with E-state index in [2.05, 4.69) is 38.6 Å². The standard InChI is InChI=1S/C24H29N5O2S/c1-14-7-8-16-15(11-14)12-20(25-16)22(30)26-17-5-3-4-6-18(17)27-23(31)24-28-19-9-10-29(2)13-21(19)32-24/h7-8,11-12,17-18,25H,3-6,9-10,13H2,1-2H3,(H,26,30)(H,27,31)/t17-,18+/m1/s1. The van der Waals surface area contributed by atoms with E-state index in [0.717, 1.165) is 67.4 Å². The Morgan fingerprint density at radius 2 is 1.88 bits per heavy atom. The van der Waals surface area contributed by atoms with Gasteiger partial charge in [0, 0.05) is 47.4 Å². The Hall–Kier alpha value is -2.71. The summed E-state index contributed by atoms with van der Waals surface area (Å²) in [5.41, 5.74) is 3.72. The average Bonchev–Trinajstić information content (AvgIpc) is 3.38. The second kappa shape index (κ2) is 8.67. The predicted molar refractivity (Wildman–Crippen MR) is 126 cm³/mol. The molecule has 3 N–H and O–H groups in total. The quantitative estimate of drug-likeness (QED) is 0.567. The molecule has 1 aromatic carbocycles. The molecule has 1 aliphatic heterocycles. The molecule has 2 aromatic heterocycles. The Morgan fingerprint density at radius 3 is 2.66 bits per heavy atom. The fourth-order valence-electron chi connectivity index (χ4n) is 4.75. The SMILES string of the molecule is Cc1ccc2[nH]c(C(=O)N[C@@H]3CCCC[C@@H]3NC(=O)c3nc4c(s3)CN(C)CC4)cc2c1. The maximum atomic E-state index is 13.0. The van der Waals surface area contributed by atoms with Gasteiger partial charge in [0.1, 0.15) is 5.69 Å². The molecule has 0 unspecified atom stereocenters. The molecule has 1 aliphatic carbocycles. The Morgan fingerprint density at radius 1 is 1.12 bits per heavy atom. The summed E-state index contributed by atoms with van der Waals surface area (Å²) in [6.45, 7) is 3.87. The zero-order valence-electron chi connectivity index (χ0n) is 18.5. The highest BCUT2D eigenvalue weighted by atomic mass is 32.1. The van der Waals surface area contributed by atoms with Crippen molar-refractivity contribution >= 4 is 34.1 Å². The second-order valence-corrected chi connectivity index (χ2v) is 10.2. The molecule has 0 bridgehead atoms. The summed E-state index contributed by atoms with van der Waals surface area (Å²) < 4.78 is 0. The fraction of sp³-hybridized carbons (Fsp3) is 0.458. The molecule has 5 rings (SSSR count). The normalized spacial score (nSPS) is 21.3. The third-order valence-corrected chi connectivity index (χ3v) is 7.62. The van der Waals surface area contributed by atoms with Crippen molar-refractivity contribution < 1.29 is 9.59 Å². The Kier molecular flexibility index (Phi) is 5.73. The Labute approximate surface area is 191 Å². The van der Waals surface area contributed by atoms with Gasteiger partial charge in [0.15, 0.2) is 5.01 Å². The monoisotopic (exact) mass is 451 g/mol. The number of carbonyl (C=O) groups is 2. The number of thiazole rings is 1. The van der Waals surface area contributed by atoms with Crippen LogP contribution in [0.3, 0.4) is 0 Å². The molecule has 0 spiro atoms. The summed E-state index contributed by atoms with van der Waals surface area (Å²) in [4.78, 5) is 37.2. The van der Waals surface area contributed by atoms with Gasteiger partial charge in [-0.25, -0.2) is 4.98 Å². The van der Waals surface area contributed by atoms with Crippen molar-refractivity contribution in [2.24, 2.45) is 0 Å². The van der Waals surface area contributed by atoms with Crippen LogP contribution in [0.2, 0.25) is 0 Å². The van der Waals surface area contributed by atoms with Crippen molar-refractivity contribution in [2.45, 2.75) is 57.7 Å². The van der Waals surface area contributed by atoms with Gasteiger partial charge in [0.2, 0.25) is 0 Å². The molecule has 1 fully saturated rings. The number of fused-ring (bicyclic) bond motifs is 2. The highest BCUT2D eigenvalue weighted by Crippen LogP contribution is 2.26. The molecular weight excluding hydrogens is 422 g/mol. The van der Waals surface area contributed by atoms with Crippen LogP contribution in [0.4, 0.5) is 0 Å². The van der Waals surface area contributed by atoms with Crippen LogP contribution in [0.1, 0.15) is 62.1 Å². The molecule has 2 aliphatic rings. The second-order valence-electron chi connectivity index (χ2n) is 9.09. The van der Waals surface area contributed by atoms with Crippen LogP contribution >= 0.6 is 11.3 Å². The van der Waals surface area contributed by atoms with Crippen LogP contribution in [-0.4, -0.2) is 52.4 Å². The number of aryl methyl sites for hydroxylation is 1. The molecule has 168 valence electrons. The van der Waals surface area contributed by atoms with E-state index in [9.17, 15) is 9.59 Å². The molecule has 1 saturated carbocycles. The zero-order valence-corrected chi connectivity index (χ0v) is 19.3. The van der Waals surface area contributed by atoms with Gasteiger partial charge < -0.3 is 20.5 Å². The summed E-state index contributed by atoms with van der Waals surface area (Å²) >= 11 is 1.49. The summed E-state index contributed by atoms with van der Waals surface area (Å²) in [7, 11) is 2.09. The smallest absolute Gasteiger partial charge is 0.280 e. The highest BCUT2D eigenvalue weighted by Gasteiger charge is 2.30. The van der Waals surface area contributed by atoms with Crippen molar-refractivity contribution in [1.29, 1.82) is 0 Å². The van der Waals surface area contributed by atoms with Gasteiger partial charge in [0.25, 0.3) is 11.8 Å². The predicted octanol–water partition coefficient (Wildman–Crippen LogP) is 3.39. The van der Waals surface area contributed by atoms with Crippen LogP contribution in [0.15, 0.2) is 24.3 Å². The number of aromatic amines is 1. The summed E-state index contributed by atoms with van der Waals surface area (Å²) in [6.07, 6.45) is 4.69. The molecule has 0 radical (unpaired) electrons. The van der Waals surface area contributed by atoms with E-state index >= 15 is 0 Å². The maximum absolute atomic E-state index is 13.0. The van der Waals surface area contributed by atoms with E-state index in [-0.39, 0.29) is 23.9 Å². The van der Waals surface area contributed by atoms with Crippen LogP contribution in [0.5, 0.6) is 0 Å². The summed E-state index contributed by atoms with van der Waals surface area (Å²) in [6, 6.07) is 7.81. The number of rotatable bonds is 4. The number of nitrogens with zero attached hydrogens (tertiary/aromatic N) is 2. The third kappa shape index (κ3) is 4.29. The van der Waals surface area contributed by atoms with Gasteiger partial charge in [-0.2, -0.15) is 0 Å². The first-order chi connectivity index (χ1) is 15.5. The lowest BCUT2D eigenvalue weighted by Crippen LogP contribution is -2.53. The van der Waals surface area contributed by atoms with Crippen molar-refractivity contribution in [2.75, 3.05) is 13.6 Å². The number of benzene rings is 1. The van der Waals surface area contributed by atoms with Crippen molar-refractivity contribution in [1.82, 2.24) is 25.5 Å². The highest BCUT2D eigenvalue weighted by molar-refractivity contribution is 7.13. The number of H-pyrrole nitrogens is 1. The number of hydrogen-bond acceptors (Lipinski definition) is 5. The molecule has 2 atom stereocenters. The molecule has 32 heavy (non-hydrogen) atoms. The van der Waals surface area contributed by atoms with E-state index in [1.54, 1.807) is 0 Å². The van der Waals surface area contributed by atoms with E-state index in [0.29, 0.717) is 10.7 Å². The first-order valence-corrected chi connectivity index (χ1v) is 12.2. The average molecular weight is 452 g/mol. The Balaban J connectivity index is 1.27. The largest absolute Gasteiger partial charge is 0.351 e. The van der Waals surface area contributed by atoms with Gasteiger partial charge in [-0.1, -0.05) is 24.5 Å². The number of hydrogen-bond donors (Lipinski definition) is 3. The third-order valence-electron chi connectivity index (χ3n) is 6.54. The lowest BCUT2D eigenvalue weighted by molar-refractivity contribution is 0.0860. The van der Waals surface area contributed by atoms with Crippen LogP contribution < -0.4 is 10.6 Å². The molecule has 3 aromatic rings. The van der Waals surface area contributed by atoms with Crippen molar-refractivity contribution in [3.8, 4) is 0 Å². The maximum Gasteiger partial charge on any atom is 0.280 e. The fourth-order valence-corrected chi connectivity index (χ4v) is 5.84. The van der Waals surface area contributed by atoms with Gasteiger partial charge in [-0.05, 0) is 45.0 Å². The number of likely N-dealkylation sites (N-methyl/N-ethyl adjacent to an activating group) is 1. The van der Waals surface area contributed by atoms with Gasteiger partial charge in [-0.15, -0.1) is 11.3 Å². The molecule has 8 heteroatoms. The molecule has 2 amide bonds. The molecular formula is C24H29N5O2S.